The first-order valence-corrected chi connectivity index (χ1v) is 4.12. The van der Waals surface area contributed by atoms with Gasteiger partial charge in [0.15, 0.2) is 0 Å². The predicted octanol–water partition coefficient (Wildman–Crippen LogP) is 1.38. The number of ether oxygens (including phenoxy) is 1. The van der Waals surface area contributed by atoms with Crippen molar-refractivity contribution in [1.29, 1.82) is 0 Å². The summed E-state index contributed by atoms with van der Waals surface area (Å²) in [6, 6.07) is 5.13. The van der Waals surface area contributed by atoms with Gasteiger partial charge in [-0.1, -0.05) is 17.7 Å². The van der Waals surface area contributed by atoms with Crippen LogP contribution in [0.5, 0.6) is 5.75 Å². The van der Waals surface area contributed by atoms with Gasteiger partial charge in [0.2, 0.25) is 5.91 Å². The van der Waals surface area contributed by atoms with E-state index in [4.69, 9.17) is 22.1 Å². The third-order valence-corrected chi connectivity index (χ3v) is 1.91. The van der Waals surface area contributed by atoms with E-state index < -0.39 is 0 Å². The highest BCUT2D eigenvalue weighted by Crippen LogP contribution is 2.24. The molecule has 0 aromatic heterocycles. The molecule has 0 bridgehead atoms. The molecule has 0 saturated heterocycles. The molecule has 1 amide bonds. The van der Waals surface area contributed by atoms with Gasteiger partial charge in [-0.15, -0.1) is 0 Å². The Morgan fingerprint density at radius 1 is 1.62 bits per heavy atom. The molecule has 3 nitrogen and oxygen atoms in total. The fourth-order valence-corrected chi connectivity index (χ4v) is 1.21. The average Bonchev–Trinajstić information content (AvgIpc) is 2.07. The summed E-state index contributed by atoms with van der Waals surface area (Å²) in [5.74, 6) is 0.185. The summed E-state index contributed by atoms with van der Waals surface area (Å²) in [5, 5.41) is 0.524. The average molecular weight is 200 g/mol. The minimum Gasteiger partial charge on any atom is -0.495 e. The molecule has 0 aliphatic heterocycles. The van der Waals surface area contributed by atoms with Crippen molar-refractivity contribution >= 4 is 17.5 Å². The van der Waals surface area contributed by atoms with Gasteiger partial charge < -0.3 is 10.5 Å². The van der Waals surface area contributed by atoms with Gasteiger partial charge in [-0.2, -0.15) is 0 Å². The van der Waals surface area contributed by atoms with Crippen LogP contribution in [0.2, 0.25) is 5.02 Å². The molecule has 0 fully saturated rings. The molecule has 2 N–H and O–H groups in total. The third-order valence-electron chi connectivity index (χ3n) is 1.59. The first-order valence-electron chi connectivity index (χ1n) is 3.74. The van der Waals surface area contributed by atoms with E-state index in [9.17, 15) is 4.79 Å². The summed E-state index contributed by atoms with van der Waals surface area (Å²) in [4.78, 5) is 10.6. The van der Waals surface area contributed by atoms with Crippen LogP contribution in [0.4, 0.5) is 0 Å². The summed E-state index contributed by atoms with van der Waals surface area (Å²) >= 11 is 5.79. The predicted molar refractivity (Wildman–Crippen MR) is 50.9 cm³/mol. The van der Waals surface area contributed by atoms with Crippen LogP contribution in [0.15, 0.2) is 18.2 Å². The molecule has 1 rings (SSSR count). The Labute approximate surface area is 81.4 Å². The molecule has 0 unspecified atom stereocenters. The minimum atomic E-state index is -0.371. The monoisotopic (exact) mass is 199 g/mol. The Kier molecular flexibility index (Phi) is 3.14. The molecule has 0 heterocycles. The second-order valence-corrected chi connectivity index (χ2v) is 3.02. The van der Waals surface area contributed by atoms with E-state index in [1.807, 2.05) is 0 Å². The van der Waals surface area contributed by atoms with Crippen molar-refractivity contribution < 1.29 is 9.53 Å². The lowest BCUT2D eigenvalue weighted by Gasteiger charge is -2.04. The lowest BCUT2D eigenvalue weighted by Crippen LogP contribution is -2.13. The zero-order chi connectivity index (χ0) is 9.84. The summed E-state index contributed by atoms with van der Waals surface area (Å²) in [6.45, 7) is 0. The fraction of sp³-hybridized carbons (Fsp3) is 0.222. The number of primary amides is 1. The molecule has 0 aliphatic carbocycles. The van der Waals surface area contributed by atoms with Crippen LogP contribution in [0.1, 0.15) is 5.56 Å². The number of amides is 1. The minimum absolute atomic E-state index is 0.202. The number of hydrogen-bond donors (Lipinski definition) is 1. The van der Waals surface area contributed by atoms with Gasteiger partial charge in [0.05, 0.1) is 18.6 Å². The van der Waals surface area contributed by atoms with E-state index in [1.165, 1.54) is 7.11 Å². The number of rotatable bonds is 3. The quantitative estimate of drug-likeness (QED) is 0.800. The maximum Gasteiger partial charge on any atom is 0.221 e. The molecular formula is C9H10ClNO2. The Morgan fingerprint density at radius 3 is 2.85 bits per heavy atom. The van der Waals surface area contributed by atoms with E-state index in [1.54, 1.807) is 18.2 Å². The molecule has 1 aromatic rings. The number of benzene rings is 1. The van der Waals surface area contributed by atoms with E-state index in [2.05, 4.69) is 0 Å². The lowest BCUT2D eigenvalue weighted by molar-refractivity contribution is -0.117. The van der Waals surface area contributed by atoms with Crippen molar-refractivity contribution in [2.75, 3.05) is 7.11 Å². The van der Waals surface area contributed by atoms with E-state index in [0.717, 1.165) is 5.56 Å². The second-order valence-electron chi connectivity index (χ2n) is 2.61. The van der Waals surface area contributed by atoms with Crippen LogP contribution < -0.4 is 10.5 Å². The SMILES string of the molecule is COc1cc(CC(N)=O)ccc1Cl. The Morgan fingerprint density at radius 2 is 2.31 bits per heavy atom. The van der Waals surface area contributed by atoms with Gasteiger partial charge in [-0.3, -0.25) is 4.79 Å². The van der Waals surface area contributed by atoms with E-state index in [0.29, 0.717) is 10.8 Å². The Balaban J connectivity index is 2.92. The summed E-state index contributed by atoms with van der Waals surface area (Å²) in [6.07, 6.45) is 0.202. The maximum atomic E-state index is 10.6. The first-order chi connectivity index (χ1) is 6.13. The van der Waals surface area contributed by atoms with Crippen molar-refractivity contribution in [3.63, 3.8) is 0 Å². The molecule has 0 saturated carbocycles. The van der Waals surface area contributed by atoms with Gasteiger partial charge >= 0.3 is 0 Å². The molecule has 0 aliphatic rings. The van der Waals surface area contributed by atoms with Crippen LogP contribution in [0.25, 0.3) is 0 Å². The highest BCUT2D eigenvalue weighted by molar-refractivity contribution is 6.32. The van der Waals surface area contributed by atoms with Crippen molar-refractivity contribution in [3.05, 3.63) is 28.8 Å². The summed E-state index contributed by atoms with van der Waals surface area (Å²) in [7, 11) is 1.52. The highest BCUT2D eigenvalue weighted by atomic mass is 35.5. The topological polar surface area (TPSA) is 52.3 Å². The Hall–Kier alpha value is -1.22. The van der Waals surface area contributed by atoms with Gasteiger partial charge in [-0.05, 0) is 17.7 Å². The summed E-state index contributed by atoms with van der Waals surface area (Å²) < 4.78 is 4.98. The smallest absolute Gasteiger partial charge is 0.221 e. The Bertz CT molecular complexity index is 325. The fourth-order valence-electron chi connectivity index (χ4n) is 1.02. The largest absolute Gasteiger partial charge is 0.495 e. The van der Waals surface area contributed by atoms with Crippen molar-refractivity contribution in [2.45, 2.75) is 6.42 Å². The molecule has 13 heavy (non-hydrogen) atoms. The first kappa shape index (κ1) is 9.86. The van der Waals surface area contributed by atoms with Gasteiger partial charge in [0.1, 0.15) is 5.75 Å². The van der Waals surface area contributed by atoms with Crippen LogP contribution in [0, 0.1) is 0 Å². The number of hydrogen-bond acceptors (Lipinski definition) is 2. The number of carbonyl (C=O) groups excluding carboxylic acids is 1. The standard InChI is InChI=1S/C9H10ClNO2/c1-13-8-4-6(5-9(11)12)2-3-7(8)10/h2-4H,5H2,1H3,(H2,11,12). The van der Waals surface area contributed by atoms with Crippen molar-refractivity contribution in [3.8, 4) is 5.75 Å². The molecule has 1 aromatic carbocycles. The highest BCUT2D eigenvalue weighted by Gasteiger charge is 2.03. The van der Waals surface area contributed by atoms with E-state index in [-0.39, 0.29) is 12.3 Å². The maximum absolute atomic E-state index is 10.6. The van der Waals surface area contributed by atoms with Crippen molar-refractivity contribution in [1.82, 2.24) is 0 Å². The zero-order valence-electron chi connectivity index (χ0n) is 7.21. The van der Waals surface area contributed by atoms with Crippen LogP contribution in [-0.4, -0.2) is 13.0 Å². The van der Waals surface area contributed by atoms with Crippen molar-refractivity contribution in [2.24, 2.45) is 5.73 Å². The molecular weight excluding hydrogens is 190 g/mol. The van der Waals surface area contributed by atoms with Crippen LogP contribution in [0.3, 0.4) is 0 Å². The van der Waals surface area contributed by atoms with Gasteiger partial charge in [0.25, 0.3) is 0 Å². The zero-order valence-corrected chi connectivity index (χ0v) is 7.97. The van der Waals surface area contributed by atoms with Gasteiger partial charge in [0, 0.05) is 0 Å². The summed E-state index contributed by atoms with van der Waals surface area (Å²) in [5.41, 5.74) is 5.84. The molecule has 70 valence electrons. The third kappa shape index (κ3) is 2.63. The van der Waals surface area contributed by atoms with Crippen LogP contribution >= 0.6 is 11.6 Å². The number of halogens is 1. The molecule has 0 atom stereocenters. The number of carbonyl (C=O) groups is 1. The molecule has 4 heteroatoms. The molecule has 0 radical (unpaired) electrons. The molecule has 0 spiro atoms. The van der Waals surface area contributed by atoms with Gasteiger partial charge in [-0.25, -0.2) is 0 Å². The number of methoxy groups -OCH3 is 1. The van der Waals surface area contributed by atoms with E-state index >= 15 is 0 Å². The second kappa shape index (κ2) is 4.14. The van der Waals surface area contributed by atoms with Crippen LogP contribution in [-0.2, 0) is 11.2 Å². The lowest BCUT2D eigenvalue weighted by atomic mass is 10.1. The number of nitrogens with two attached hydrogens (primary N) is 1. The normalized spacial score (nSPS) is 9.69.